The molecule has 2 saturated heterocycles. The third-order valence-corrected chi connectivity index (χ3v) is 10.2. The molecular formula is C34H36N2O8. The Labute approximate surface area is 255 Å². The molecule has 6 atom stereocenters. The molecule has 10 nitrogen and oxygen atoms in total. The van der Waals surface area contributed by atoms with E-state index in [9.17, 15) is 29.1 Å². The smallest absolute Gasteiger partial charge is 0.303 e. The first-order valence-corrected chi connectivity index (χ1v) is 15.2. The number of para-hydroxylation sites is 1. The molecule has 2 aromatic rings. The van der Waals surface area contributed by atoms with E-state index < -0.39 is 41.0 Å². The van der Waals surface area contributed by atoms with Gasteiger partial charge in [0, 0.05) is 18.9 Å². The number of hydrogen-bond donors (Lipinski definition) is 2. The number of benzene rings is 2. The van der Waals surface area contributed by atoms with Crippen LogP contribution in [-0.2, 0) is 24.0 Å². The summed E-state index contributed by atoms with van der Waals surface area (Å²) in [7, 11) is 1.44. The SMILES string of the molecule is COc1cc([C@H]2C3=CC[C@@H]4C(=O)N(CCCCCC(=O)O)C(=O)[C@@H]4[C@@H]3C[C@H]3C(=O)N(c4ccccc4)C(=O)[C@@]23C)ccc1O. The quantitative estimate of drug-likeness (QED) is 0.247. The Morgan fingerprint density at radius 2 is 1.73 bits per heavy atom. The first-order valence-electron chi connectivity index (χ1n) is 15.2. The number of fused-ring (bicyclic) bond motifs is 4. The van der Waals surface area contributed by atoms with E-state index in [0.717, 1.165) is 5.57 Å². The Morgan fingerprint density at radius 1 is 0.977 bits per heavy atom. The van der Waals surface area contributed by atoms with E-state index in [1.807, 2.05) is 19.1 Å². The van der Waals surface area contributed by atoms with Crippen molar-refractivity contribution < 1.29 is 38.9 Å². The molecular weight excluding hydrogens is 564 g/mol. The van der Waals surface area contributed by atoms with E-state index in [1.54, 1.807) is 36.4 Å². The first kappa shape index (κ1) is 29.6. The molecule has 44 heavy (non-hydrogen) atoms. The Balaban J connectivity index is 1.39. The highest BCUT2D eigenvalue weighted by molar-refractivity contribution is 6.24. The molecule has 0 radical (unpaired) electrons. The number of carbonyl (C=O) groups is 5. The molecule has 1 saturated carbocycles. The van der Waals surface area contributed by atoms with Gasteiger partial charge in [-0.2, -0.15) is 0 Å². The van der Waals surface area contributed by atoms with E-state index in [-0.39, 0.29) is 54.5 Å². The van der Waals surface area contributed by atoms with Gasteiger partial charge >= 0.3 is 5.97 Å². The number of rotatable bonds is 9. The van der Waals surface area contributed by atoms with E-state index in [0.29, 0.717) is 36.9 Å². The minimum Gasteiger partial charge on any atom is -0.504 e. The lowest BCUT2D eigenvalue weighted by molar-refractivity contribution is -0.141. The van der Waals surface area contributed by atoms with Crippen molar-refractivity contribution in [2.75, 3.05) is 18.6 Å². The lowest BCUT2D eigenvalue weighted by atomic mass is 9.51. The summed E-state index contributed by atoms with van der Waals surface area (Å²) in [5.74, 6) is -4.82. The number of phenols is 1. The van der Waals surface area contributed by atoms with Gasteiger partial charge in [-0.1, -0.05) is 42.3 Å². The predicted octanol–water partition coefficient (Wildman–Crippen LogP) is 4.28. The Hall–Kier alpha value is -4.47. The maximum absolute atomic E-state index is 14.4. The van der Waals surface area contributed by atoms with Crippen LogP contribution in [0.2, 0.25) is 0 Å². The molecule has 230 valence electrons. The number of imide groups is 2. The molecule has 0 spiro atoms. The summed E-state index contributed by atoms with van der Waals surface area (Å²) in [5, 5.41) is 19.3. The predicted molar refractivity (Wildman–Crippen MR) is 159 cm³/mol. The number of phenolic OH excluding ortho intramolecular Hbond substituents is 1. The second kappa shape index (κ2) is 11.2. The number of anilines is 1. The zero-order valence-corrected chi connectivity index (χ0v) is 24.8. The van der Waals surface area contributed by atoms with Gasteiger partial charge in [-0.05, 0) is 68.4 Å². The monoisotopic (exact) mass is 600 g/mol. The van der Waals surface area contributed by atoms with E-state index in [4.69, 9.17) is 9.84 Å². The van der Waals surface area contributed by atoms with Crippen molar-refractivity contribution in [1.82, 2.24) is 4.90 Å². The van der Waals surface area contributed by atoms with Crippen LogP contribution < -0.4 is 9.64 Å². The highest BCUT2D eigenvalue weighted by atomic mass is 16.5. The second-order valence-electron chi connectivity index (χ2n) is 12.5. The van der Waals surface area contributed by atoms with Crippen molar-refractivity contribution >= 4 is 35.3 Å². The largest absolute Gasteiger partial charge is 0.504 e. The normalized spacial score (nSPS) is 29.3. The number of aromatic hydroxyl groups is 1. The van der Waals surface area contributed by atoms with E-state index in [2.05, 4.69) is 0 Å². The van der Waals surface area contributed by atoms with Gasteiger partial charge in [-0.3, -0.25) is 28.9 Å². The van der Waals surface area contributed by atoms with Gasteiger partial charge in [0.05, 0.1) is 36.0 Å². The van der Waals surface area contributed by atoms with Crippen molar-refractivity contribution in [3.63, 3.8) is 0 Å². The number of methoxy groups -OCH3 is 1. The van der Waals surface area contributed by atoms with E-state index >= 15 is 0 Å². The molecule has 3 fully saturated rings. The van der Waals surface area contributed by atoms with Crippen LogP contribution in [0, 0.1) is 29.1 Å². The van der Waals surface area contributed by atoms with Gasteiger partial charge in [-0.15, -0.1) is 0 Å². The molecule has 4 aliphatic rings. The van der Waals surface area contributed by atoms with Gasteiger partial charge in [0.15, 0.2) is 11.5 Å². The summed E-state index contributed by atoms with van der Waals surface area (Å²) < 4.78 is 5.41. The third kappa shape index (κ3) is 4.50. The number of aliphatic carboxylic acids is 1. The lowest BCUT2D eigenvalue weighted by Gasteiger charge is -2.49. The summed E-state index contributed by atoms with van der Waals surface area (Å²) in [4.78, 5) is 69.4. The average molecular weight is 601 g/mol. The van der Waals surface area contributed by atoms with Crippen LogP contribution in [-0.4, -0.2) is 58.4 Å². The number of ether oxygens (including phenoxy) is 1. The number of nitrogens with zero attached hydrogens (tertiary/aromatic N) is 2. The van der Waals surface area contributed by atoms with Crippen LogP contribution in [0.4, 0.5) is 5.69 Å². The minimum atomic E-state index is -1.18. The fourth-order valence-electron chi connectivity index (χ4n) is 8.10. The molecule has 0 bridgehead atoms. The number of hydrogen-bond acceptors (Lipinski definition) is 7. The number of allylic oxidation sites excluding steroid dienone is 2. The number of likely N-dealkylation sites (tertiary alicyclic amines) is 1. The van der Waals surface area contributed by atoms with Crippen molar-refractivity contribution in [2.45, 2.75) is 51.4 Å². The highest BCUT2D eigenvalue weighted by Crippen LogP contribution is 2.63. The number of unbranched alkanes of at least 4 members (excludes halogenated alkanes) is 2. The minimum absolute atomic E-state index is 0.0405. The van der Waals surface area contributed by atoms with Crippen LogP contribution in [0.1, 0.15) is 56.9 Å². The zero-order chi connectivity index (χ0) is 31.3. The van der Waals surface area contributed by atoms with Gasteiger partial charge in [0.25, 0.3) is 0 Å². The molecule has 6 rings (SSSR count). The first-order chi connectivity index (χ1) is 21.1. The maximum Gasteiger partial charge on any atom is 0.303 e. The fraction of sp³-hybridized carbons (Fsp3) is 0.441. The van der Waals surface area contributed by atoms with Crippen LogP contribution in [0.5, 0.6) is 11.5 Å². The summed E-state index contributed by atoms with van der Waals surface area (Å²) in [6, 6.07) is 13.7. The summed E-state index contributed by atoms with van der Waals surface area (Å²) in [6.45, 7) is 2.05. The van der Waals surface area contributed by atoms with Crippen molar-refractivity contribution in [3.05, 3.63) is 65.7 Å². The second-order valence-corrected chi connectivity index (χ2v) is 12.5. The van der Waals surface area contributed by atoms with Crippen LogP contribution in [0.25, 0.3) is 0 Å². The van der Waals surface area contributed by atoms with Gasteiger partial charge in [0.1, 0.15) is 0 Å². The number of carboxylic acids is 1. The Kier molecular flexibility index (Phi) is 7.55. The van der Waals surface area contributed by atoms with Crippen LogP contribution in [0.15, 0.2) is 60.2 Å². The number of carboxylic acid groups (broad SMARTS) is 1. The van der Waals surface area contributed by atoms with Crippen molar-refractivity contribution in [1.29, 1.82) is 0 Å². The standard InChI is InChI=1S/C34H36N2O8/c1-34-24(31(41)36(33(34)43)20-9-5-3-6-10-20)18-23-21(29(34)19-12-15-25(37)26(17-19)44-2)13-14-22-28(23)32(42)35(30(22)40)16-8-4-7-11-27(38)39/h3,5-6,9-10,12-13,15,17,22-24,28-29,37H,4,7-8,11,14,16,18H2,1-2H3,(H,38,39)/t22-,23+,24-,28-,29-,34+/m0/s1. The van der Waals surface area contributed by atoms with Crippen molar-refractivity contribution in [2.24, 2.45) is 29.1 Å². The molecule has 0 aromatic heterocycles. The number of amides is 4. The zero-order valence-electron chi connectivity index (χ0n) is 24.8. The fourth-order valence-corrected chi connectivity index (χ4v) is 8.10. The molecule has 0 unspecified atom stereocenters. The molecule has 2 N–H and O–H groups in total. The Morgan fingerprint density at radius 3 is 2.43 bits per heavy atom. The van der Waals surface area contributed by atoms with Crippen LogP contribution >= 0.6 is 0 Å². The van der Waals surface area contributed by atoms with Gasteiger partial charge in [0.2, 0.25) is 23.6 Å². The average Bonchev–Trinajstić information content (AvgIpc) is 3.37. The van der Waals surface area contributed by atoms with Crippen LogP contribution in [0.3, 0.4) is 0 Å². The van der Waals surface area contributed by atoms with Gasteiger partial charge in [-0.25, -0.2) is 4.90 Å². The topological polar surface area (TPSA) is 142 Å². The number of carbonyl (C=O) groups excluding carboxylic acids is 4. The van der Waals surface area contributed by atoms with Gasteiger partial charge < -0.3 is 14.9 Å². The molecule has 2 aliphatic carbocycles. The lowest BCUT2D eigenvalue weighted by Crippen LogP contribution is -2.48. The highest BCUT2D eigenvalue weighted by Gasteiger charge is 2.67. The molecule has 2 aliphatic heterocycles. The summed E-state index contributed by atoms with van der Waals surface area (Å²) in [5.41, 5.74) is 0.846. The maximum atomic E-state index is 14.4. The Bertz CT molecular complexity index is 1570. The molecule has 4 amide bonds. The van der Waals surface area contributed by atoms with E-state index in [1.165, 1.54) is 23.0 Å². The molecule has 2 heterocycles. The summed E-state index contributed by atoms with van der Waals surface area (Å²) >= 11 is 0. The molecule has 10 heteroatoms. The summed E-state index contributed by atoms with van der Waals surface area (Å²) in [6.07, 6.45) is 4.20. The molecule has 2 aromatic carbocycles. The third-order valence-electron chi connectivity index (χ3n) is 10.2. The van der Waals surface area contributed by atoms with Crippen molar-refractivity contribution in [3.8, 4) is 11.5 Å².